The highest BCUT2D eigenvalue weighted by Crippen LogP contribution is 2.32. The fourth-order valence-electron chi connectivity index (χ4n) is 2.23. The summed E-state index contributed by atoms with van der Waals surface area (Å²) in [7, 11) is 4.17. The number of hydrogen-bond acceptors (Lipinski definition) is 2. The fourth-order valence-corrected chi connectivity index (χ4v) is 2.23. The van der Waals surface area contributed by atoms with E-state index in [1.165, 1.54) is 24.2 Å². The smallest absolute Gasteiger partial charge is 0.0596 e. The molecule has 0 aliphatic heterocycles. The monoisotopic (exact) mass is 204 g/mol. The number of anilines is 2. The van der Waals surface area contributed by atoms with Crippen molar-refractivity contribution in [2.75, 3.05) is 24.3 Å². The molecule has 0 spiro atoms. The van der Waals surface area contributed by atoms with Crippen LogP contribution in [0.15, 0.2) is 24.3 Å². The molecule has 0 heterocycles. The first kappa shape index (κ1) is 10.3. The van der Waals surface area contributed by atoms with Gasteiger partial charge in [-0.1, -0.05) is 19.1 Å². The van der Waals surface area contributed by atoms with Crippen LogP contribution in [0.1, 0.15) is 19.8 Å². The second-order valence-corrected chi connectivity index (χ2v) is 4.83. The molecule has 15 heavy (non-hydrogen) atoms. The Morgan fingerprint density at radius 3 is 2.47 bits per heavy atom. The molecular weight excluding hydrogens is 184 g/mol. The third-order valence-electron chi connectivity index (χ3n) is 3.12. The number of nitrogens with zero attached hydrogens (tertiary/aromatic N) is 1. The van der Waals surface area contributed by atoms with E-state index in [9.17, 15) is 0 Å². The van der Waals surface area contributed by atoms with Crippen molar-refractivity contribution in [2.45, 2.75) is 25.8 Å². The maximum absolute atomic E-state index is 3.62. The molecule has 0 atom stereocenters. The van der Waals surface area contributed by atoms with Gasteiger partial charge in [-0.05, 0) is 30.9 Å². The van der Waals surface area contributed by atoms with Gasteiger partial charge in [0.25, 0.3) is 0 Å². The summed E-state index contributed by atoms with van der Waals surface area (Å²) in [5.41, 5.74) is 2.54. The van der Waals surface area contributed by atoms with Crippen molar-refractivity contribution < 1.29 is 0 Å². The molecular formula is C13H20N2. The first-order valence-electron chi connectivity index (χ1n) is 5.69. The molecule has 2 heteroatoms. The van der Waals surface area contributed by atoms with Gasteiger partial charge in [0.2, 0.25) is 0 Å². The Morgan fingerprint density at radius 1 is 1.20 bits per heavy atom. The summed E-state index contributed by atoms with van der Waals surface area (Å²) < 4.78 is 0. The van der Waals surface area contributed by atoms with E-state index in [0.717, 1.165) is 5.92 Å². The van der Waals surface area contributed by atoms with E-state index in [1.807, 2.05) is 0 Å². The molecule has 1 N–H and O–H groups in total. The highest BCUT2D eigenvalue weighted by atomic mass is 15.1. The highest BCUT2D eigenvalue weighted by Gasteiger charge is 2.25. The van der Waals surface area contributed by atoms with Crippen LogP contribution in [-0.4, -0.2) is 20.1 Å². The van der Waals surface area contributed by atoms with Gasteiger partial charge in [0, 0.05) is 20.1 Å². The molecule has 82 valence electrons. The molecule has 1 aliphatic rings. The van der Waals surface area contributed by atoms with Crippen LogP contribution in [0.4, 0.5) is 11.4 Å². The average molecular weight is 204 g/mol. The van der Waals surface area contributed by atoms with Crippen LogP contribution in [-0.2, 0) is 0 Å². The summed E-state index contributed by atoms with van der Waals surface area (Å²) in [6, 6.07) is 9.19. The predicted octanol–water partition coefficient (Wildman–Crippen LogP) is 2.96. The van der Waals surface area contributed by atoms with Gasteiger partial charge in [-0.2, -0.15) is 0 Å². The summed E-state index contributed by atoms with van der Waals surface area (Å²) in [5.74, 6) is 0.897. The average Bonchev–Trinajstić information content (AvgIpc) is 2.16. The minimum atomic E-state index is 0.682. The lowest BCUT2D eigenvalue weighted by Gasteiger charge is -2.35. The summed E-state index contributed by atoms with van der Waals surface area (Å²) >= 11 is 0. The zero-order valence-electron chi connectivity index (χ0n) is 9.83. The number of benzene rings is 1. The molecule has 1 aromatic carbocycles. The van der Waals surface area contributed by atoms with Crippen LogP contribution in [0, 0.1) is 5.92 Å². The van der Waals surface area contributed by atoms with Crippen LogP contribution >= 0.6 is 0 Å². The van der Waals surface area contributed by atoms with E-state index < -0.39 is 0 Å². The van der Waals surface area contributed by atoms with Crippen molar-refractivity contribution in [1.29, 1.82) is 0 Å². The molecule has 0 aromatic heterocycles. The standard InChI is InChI=1S/C13H20N2/c1-10-8-11(9-10)14-12-6-4-5-7-13(12)15(2)3/h4-7,10-11,14H,8-9H2,1-3H3. The van der Waals surface area contributed by atoms with Crippen molar-refractivity contribution in [3.63, 3.8) is 0 Å². The van der Waals surface area contributed by atoms with Crippen molar-refractivity contribution in [1.82, 2.24) is 0 Å². The van der Waals surface area contributed by atoms with Gasteiger partial charge >= 0.3 is 0 Å². The number of rotatable bonds is 3. The molecule has 1 saturated carbocycles. The molecule has 1 aromatic rings. The number of hydrogen-bond donors (Lipinski definition) is 1. The zero-order chi connectivity index (χ0) is 10.8. The first-order chi connectivity index (χ1) is 7.16. The van der Waals surface area contributed by atoms with Gasteiger partial charge in [-0.3, -0.25) is 0 Å². The normalized spacial score (nSPS) is 24.5. The Balaban J connectivity index is 2.07. The topological polar surface area (TPSA) is 15.3 Å². The minimum absolute atomic E-state index is 0.682. The van der Waals surface area contributed by atoms with Crippen molar-refractivity contribution in [2.24, 2.45) is 5.92 Å². The lowest BCUT2D eigenvalue weighted by Crippen LogP contribution is -2.34. The van der Waals surface area contributed by atoms with Crippen LogP contribution in [0.5, 0.6) is 0 Å². The van der Waals surface area contributed by atoms with Crippen LogP contribution in [0.3, 0.4) is 0 Å². The molecule has 0 saturated heterocycles. The number of para-hydroxylation sites is 2. The predicted molar refractivity (Wildman–Crippen MR) is 66.6 cm³/mol. The van der Waals surface area contributed by atoms with Crippen molar-refractivity contribution >= 4 is 11.4 Å². The zero-order valence-corrected chi connectivity index (χ0v) is 9.83. The van der Waals surface area contributed by atoms with Crippen LogP contribution in [0.2, 0.25) is 0 Å². The van der Waals surface area contributed by atoms with E-state index >= 15 is 0 Å². The lowest BCUT2D eigenvalue weighted by molar-refractivity contribution is 0.309. The van der Waals surface area contributed by atoms with Crippen LogP contribution in [0.25, 0.3) is 0 Å². The Labute approximate surface area is 92.3 Å². The summed E-state index contributed by atoms with van der Waals surface area (Å²) in [4.78, 5) is 2.16. The summed E-state index contributed by atoms with van der Waals surface area (Å²) in [6.07, 6.45) is 2.61. The van der Waals surface area contributed by atoms with E-state index in [2.05, 4.69) is 55.5 Å². The second kappa shape index (κ2) is 4.13. The molecule has 1 aliphatic carbocycles. The SMILES string of the molecule is CC1CC(Nc2ccccc2N(C)C)C1. The van der Waals surface area contributed by atoms with Gasteiger partial charge in [-0.25, -0.2) is 0 Å². The van der Waals surface area contributed by atoms with Gasteiger partial charge < -0.3 is 10.2 Å². The molecule has 0 bridgehead atoms. The quantitative estimate of drug-likeness (QED) is 0.814. The maximum atomic E-state index is 3.62. The molecule has 2 nitrogen and oxygen atoms in total. The lowest BCUT2D eigenvalue weighted by atomic mass is 9.82. The minimum Gasteiger partial charge on any atom is -0.381 e. The van der Waals surface area contributed by atoms with E-state index in [-0.39, 0.29) is 0 Å². The molecule has 0 radical (unpaired) electrons. The number of nitrogens with one attached hydrogen (secondary N) is 1. The van der Waals surface area contributed by atoms with Gasteiger partial charge in [-0.15, -0.1) is 0 Å². The van der Waals surface area contributed by atoms with E-state index in [1.54, 1.807) is 0 Å². The van der Waals surface area contributed by atoms with Crippen molar-refractivity contribution in [3.05, 3.63) is 24.3 Å². The van der Waals surface area contributed by atoms with Gasteiger partial charge in [0.15, 0.2) is 0 Å². The van der Waals surface area contributed by atoms with E-state index in [4.69, 9.17) is 0 Å². The maximum Gasteiger partial charge on any atom is 0.0596 e. The van der Waals surface area contributed by atoms with Gasteiger partial charge in [0.1, 0.15) is 0 Å². The fraction of sp³-hybridized carbons (Fsp3) is 0.538. The highest BCUT2D eigenvalue weighted by molar-refractivity contribution is 5.69. The van der Waals surface area contributed by atoms with Gasteiger partial charge in [0.05, 0.1) is 11.4 Å². The second-order valence-electron chi connectivity index (χ2n) is 4.83. The van der Waals surface area contributed by atoms with E-state index in [0.29, 0.717) is 6.04 Å². The Bertz CT molecular complexity index is 327. The Kier molecular flexibility index (Phi) is 2.85. The summed E-state index contributed by atoms with van der Waals surface area (Å²) in [5, 5.41) is 3.62. The van der Waals surface area contributed by atoms with Crippen molar-refractivity contribution in [3.8, 4) is 0 Å². The third kappa shape index (κ3) is 2.25. The largest absolute Gasteiger partial charge is 0.381 e. The summed E-state index contributed by atoms with van der Waals surface area (Å²) in [6.45, 7) is 2.32. The Hall–Kier alpha value is -1.18. The Morgan fingerprint density at radius 2 is 1.87 bits per heavy atom. The first-order valence-corrected chi connectivity index (χ1v) is 5.69. The molecule has 2 rings (SSSR count). The third-order valence-corrected chi connectivity index (χ3v) is 3.12. The molecule has 1 fully saturated rings. The van der Waals surface area contributed by atoms with Crippen LogP contribution < -0.4 is 10.2 Å². The molecule has 0 unspecified atom stereocenters. The molecule has 0 amide bonds.